The second-order valence-corrected chi connectivity index (χ2v) is 4.02. The molecule has 3 nitrogen and oxygen atoms in total. The van der Waals surface area contributed by atoms with Gasteiger partial charge < -0.3 is 11.1 Å². The first kappa shape index (κ1) is 9.06. The van der Waals surface area contributed by atoms with E-state index in [9.17, 15) is 4.79 Å². The van der Waals surface area contributed by atoms with Crippen molar-refractivity contribution < 1.29 is 4.79 Å². The Morgan fingerprint density at radius 2 is 2.14 bits per heavy atom. The first-order valence-electron chi connectivity index (χ1n) is 4.80. The quantitative estimate of drug-likeness (QED) is 0.664. The summed E-state index contributed by atoms with van der Waals surface area (Å²) in [7, 11) is 0. The summed E-state index contributed by atoms with van der Waals surface area (Å²) < 4.78 is 0. The van der Waals surface area contributed by atoms with E-state index in [0.29, 0.717) is 18.0 Å². The Morgan fingerprint density at radius 3 is 2.79 bits per heavy atom. The zero-order valence-corrected chi connectivity index (χ0v) is 8.42. The maximum Gasteiger partial charge on any atom is 0.228 e. The average Bonchev–Trinajstić information content (AvgIpc) is 2.45. The minimum atomic E-state index is 0.0348. The van der Waals surface area contributed by atoms with Gasteiger partial charge in [-0.1, -0.05) is 19.9 Å². The van der Waals surface area contributed by atoms with Crippen LogP contribution in [0, 0.1) is 0 Å². The largest absolute Gasteiger partial charge is 0.397 e. The number of nitrogens with one attached hydrogen (secondary N) is 1. The van der Waals surface area contributed by atoms with Gasteiger partial charge in [0, 0.05) is 0 Å². The number of rotatable bonds is 1. The third-order valence-electron chi connectivity index (χ3n) is 2.55. The summed E-state index contributed by atoms with van der Waals surface area (Å²) in [5.41, 5.74) is 9.56. The molecule has 0 fully saturated rings. The van der Waals surface area contributed by atoms with E-state index in [1.807, 2.05) is 6.07 Å². The molecule has 3 N–H and O–H groups in total. The normalized spacial score (nSPS) is 14.4. The van der Waals surface area contributed by atoms with E-state index >= 15 is 0 Å². The van der Waals surface area contributed by atoms with Crippen LogP contribution in [0.25, 0.3) is 0 Å². The van der Waals surface area contributed by atoms with Crippen LogP contribution in [0.5, 0.6) is 0 Å². The molecule has 0 aromatic heterocycles. The summed E-state index contributed by atoms with van der Waals surface area (Å²) in [6.45, 7) is 4.23. The summed E-state index contributed by atoms with van der Waals surface area (Å²) >= 11 is 0. The third-order valence-corrected chi connectivity index (χ3v) is 2.55. The highest BCUT2D eigenvalue weighted by molar-refractivity contribution is 6.02. The fourth-order valence-corrected chi connectivity index (χ4v) is 1.73. The maximum atomic E-state index is 11.2. The molecule has 14 heavy (non-hydrogen) atoms. The molecular formula is C11H14N2O. The van der Waals surface area contributed by atoms with Crippen molar-refractivity contribution in [3.05, 3.63) is 23.3 Å². The number of carbonyl (C=O) groups excluding carboxylic acids is 1. The Morgan fingerprint density at radius 1 is 1.43 bits per heavy atom. The molecule has 1 aliphatic heterocycles. The summed E-state index contributed by atoms with van der Waals surface area (Å²) in [5, 5.41) is 2.77. The van der Waals surface area contributed by atoms with Gasteiger partial charge in [0.15, 0.2) is 0 Å². The smallest absolute Gasteiger partial charge is 0.228 e. The van der Waals surface area contributed by atoms with Crippen molar-refractivity contribution >= 4 is 17.3 Å². The van der Waals surface area contributed by atoms with Gasteiger partial charge in [-0.15, -0.1) is 0 Å². The summed E-state index contributed by atoms with van der Waals surface area (Å²) in [6.07, 6.45) is 0.458. The monoisotopic (exact) mass is 190 g/mol. The molecular weight excluding hydrogens is 176 g/mol. The molecule has 1 heterocycles. The standard InChI is InChI=1S/C11H14N2O/c1-6(2)7-3-8-5-10(14)13-11(8)9(12)4-7/h3-4,6H,5,12H2,1-2H3,(H,13,14). The van der Waals surface area contributed by atoms with Crippen LogP contribution in [0.2, 0.25) is 0 Å². The molecule has 2 rings (SSSR count). The van der Waals surface area contributed by atoms with E-state index in [1.165, 1.54) is 5.56 Å². The lowest BCUT2D eigenvalue weighted by Gasteiger charge is -2.10. The summed E-state index contributed by atoms with van der Waals surface area (Å²) in [6, 6.07) is 4.00. The van der Waals surface area contributed by atoms with E-state index in [2.05, 4.69) is 25.2 Å². The van der Waals surface area contributed by atoms with Crippen LogP contribution in [0.15, 0.2) is 12.1 Å². The van der Waals surface area contributed by atoms with Gasteiger partial charge in [-0.25, -0.2) is 0 Å². The Labute approximate surface area is 83.3 Å². The number of anilines is 2. The second-order valence-electron chi connectivity index (χ2n) is 4.02. The first-order chi connectivity index (χ1) is 6.58. The average molecular weight is 190 g/mol. The molecule has 0 bridgehead atoms. The SMILES string of the molecule is CC(C)c1cc(N)c2c(c1)CC(=O)N2. The highest BCUT2D eigenvalue weighted by atomic mass is 16.1. The fraction of sp³-hybridized carbons (Fsp3) is 0.364. The van der Waals surface area contributed by atoms with Crippen molar-refractivity contribution in [1.29, 1.82) is 0 Å². The van der Waals surface area contributed by atoms with E-state index < -0.39 is 0 Å². The molecule has 0 radical (unpaired) electrons. The highest BCUT2D eigenvalue weighted by Crippen LogP contribution is 2.32. The van der Waals surface area contributed by atoms with Crippen molar-refractivity contribution in [2.45, 2.75) is 26.2 Å². The maximum absolute atomic E-state index is 11.2. The lowest BCUT2D eigenvalue weighted by Crippen LogP contribution is -2.04. The lowest BCUT2D eigenvalue weighted by atomic mass is 9.98. The second kappa shape index (κ2) is 3.01. The molecule has 0 atom stereocenters. The van der Waals surface area contributed by atoms with Crippen LogP contribution in [0.3, 0.4) is 0 Å². The number of nitrogen functional groups attached to an aromatic ring is 1. The predicted octanol–water partition coefficient (Wildman–Crippen LogP) is 1.89. The molecule has 1 amide bonds. The zero-order valence-electron chi connectivity index (χ0n) is 8.42. The molecule has 1 aliphatic rings. The number of hydrogen-bond donors (Lipinski definition) is 2. The van der Waals surface area contributed by atoms with Gasteiger partial charge >= 0.3 is 0 Å². The number of fused-ring (bicyclic) bond motifs is 1. The van der Waals surface area contributed by atoms with Crippen molar-refractivity contribution in [2.75, 3.05) is 11.1 Å². The minimum Gasteiger partial charge on any atom is -0.397 e. The van der Waals surface area contributed by atoms with Crippen molar-refractivity contribution in [3.8, 4) is 0 Å². The number of carbonyl (C=O) groups is 1. The highest BCUT2D eigenvalue weighted by Gasteiger charge is 2.20. The van der Waals surface area contributed by atoms with Crippen LogP contribution in [-0.4, -0.2) is 5.91 Å². The van der Waals surface area contributed by atoms with Crippen LogP contribution in [0.1, 0.15) is 30.9 Å². The van der Waals surface area contributed by atoms with Gasteiger partial charge in [-0.2, -0.15) is 0 Å². The number of benzene rings is 1. The molecule has 0 spiro atoms. The Bertz CT molecular complexity index is 397. The van der Waals surface area contributed by atoms with Crippen molar-refractivity contribution in [2.24, 2.45) is 0 Å². The molecule has 3 heteroatoms. The molecule has 0 aliphatic carbocycles. The number of hydrogen-bond acceptors (Lipinski definition) is 2. The zero-order chi connectivity index (χ0) is 10.3. The molecule has 0 unspecified atom stereocenters. The molecule has 0 saturated carbocycles. The fourth-order valence-electron chi connectivity index (χ4n) is 1.73. The molecule has 74 valence electrons. The van der Waals surface area contributed by atoms with Crippen LogP contribution in [0.4, 0.5) is 11.4 Å². The topological polar surface area (TPSA) is 55.1 Å². The van der Waals surface area contributed by atoms with E-state index in [-0.39, 0.29) is 5.91 Å². The van der Waals surface area contributed by atoms with Gasteiger partial charge in [0.1, 0.15) is 0 Å². The van der Waals surface area contributed by atoms with E-state index in [1.54, 1.807) is 0 Å². The van der Waals surface area contributed by atoms with E-state index in [0.717, 1.165) is 11.3 Å². The van der Waals surface area contributed by atoms with Gasteiger partial charge in [-0.3, -0.25) is 4.79 Å². The van der Waals surface area contributed by atoms with Gasteiger partial charge in [-0.05, 0) is 23.1 Å². The Balaban J connectivity index is 2.51. The number of nitrogens with two attached hydrogens (primary N) is 1. The lowest BCUT2D eigenvalue weighted by molar-refractivity contribution is -0.115. The summed E-state index contributed by atoms with van der Waals surface area (Å²) in [5.74, 6) is 0.478. The molecule has 0 saturated heterocycles. The van der Waals surface area contributed by atoms with Crippen LogP contribution in [-0.2, 0) is 11.2 Å². The molecule has 1 aromatic carbocycles. The Hall–Kier alpha value is -1.51. The van der Waals surface area contributed by atoms with Crippen LogP contribution >= 0.6 is 0 Å². The Kier molecular flexibility index (Phi) is 1.95. The predicted molar refractivity (Wildman–Crippen MR) is 57.3 cm³/mol. The van der Waals surface area contributed by atoms with Crippen molar-refractivity contribution in [3.63, 3.8) is 0 Å². The summed E-state index contributed by atoms with van der Waals surface area (Å²) in [4.78, 5) is 11.2. The van der Waals surface area contributed by atoms with Crippen molar-refractivity contribution in [1.82, 2.24) is 0 Å². The molecule has 1 aromatic rings. The van der Waals surface area contributed by atoms with Crippen LogP contribution < -0.4 is 11.1 Å². The van der Waals surface area contributed by atoms with Gasteiger partial charge in [0.05, 0.1) is 17.8 Å². The van der Waals surface area contributed by atoms with Gasteiger partial charge in [0.25, 0.3) is 0 Å². The number of amides is 1. The minimum absolute atomic E-state index is 0.0348. The van der Waals surface area contributed by atoms with Gasteiger partial charge in [0.2, 0.25) is 5.91 Å². The first-order valence-corrected chi connectivity index (χ1v) is 4.80. The third kappa shape index (κ3) is 1.35. The van der Waals surface area contributed by atoms with E-state index in [4.69, 9.17) is 5.73 Å².